The second-order valence-electron chi connectivity index (χ2n) is 13.3. The van der Waals surface area contributed by atoms with Crippen LogP contribution < -0.4 is 10.1 Å². The van der Waals surface area contributed by atoms with Crippen molar-refractivity contribution in [2.75, 3.05) is 32.8 Å². The SMILES string of the molecule is CC[C@H]1CN(C2CCOCC2)CC[C@H]1NC(=O)c1ccc(CN2CCCC2=O)c(Oc2ccc(-c3nnc(C(C)(C)O)s3)c(F)c2)c1. The molecule has 3 saturated heterocycles. The number of nitrogens with one attached hydrogen (secondary N) is 1. The van der Waals surface area contributed by atoms with Crippen molar-refractivity contribution in [3.05, 3.63) is 58.3 Å². The van der Waals surface area contributed by atoms with E-state index in [1.807, 2.05) is 6.07 Å². The summed E-state index contributed by atoms with van der Waals surface area (Å²) in [6.07, 6.45) is 5.29. The molecule has 0 radical (unpaired) electrons. The summed E-state index contributed by atoms with van der Waals surface area (Å²) in [6, 6.07) is 10.4. The number of halogens is 1. The Bertz CT molecular complexity index is 1590. The predicted octanol–water partition coefficient (Wildman–Crippen LogP) is 5.50. The lowest BCUT2D eigenvalue weighted by Gasteiger charge is -2.43. The van der Waals surface area contributed by atoms with Crippen LogP contribution in [-0.2, 0) is 21.7 Å². The normalized spacial score (nSPS) is 21.3. The van der Waals surface area contributed by atoms with Crippen molar-refractivity contribution < 1.29 is 28.6 Å². The Morgan fingerprint density at radius 1 is 1.15 bits per heavy atom. The number of hydrogen-bond donors (Lipinski definition) is 2. The maximum atomic E-state index is 15.4. The maximum absolute atomic E-state index is 15.4. The minimum absolute atomic E-state index is 0.0637. The van der Waals surface area contributed by atoms with Gasteiger partial charge in [-0.25, -0.2) is 4.39 Å². The zero-order valence-corrected chi connectivity index (χ0v) is 28.2. The van der Waals surface area contributed by atoms with Crippen molar-refractivity contribution in [2.24, 2.45) is 5.92 Å². The average Bonchev–Trinajstić information content (AvgIpc) is 3.72. The molecule has 3 aliphatic rings. The Hall–Kier alpha value is -3.45. The number of benzene rings is 2. The number of nitrogens with zero attached hydrogens (tertiary/aromatic N) is 4. The fourth-order valence-electron chi connectivity index (χ4n) is 6.73. The van der Waals surface area contributed by atoms with Gasteiger partial charge in [0.15, 0.2) is 5.01 Å². The lowest BCUT2D eigenvalue weighted by atomic mass is 9.88. The fourth-order valence-corrected chi connectivity index (χ4v) is 7.61. The van der Waals surface area contributed by atoms with Gasteiger partial charge in [-0.2, -0.15) is 0 Å². The third-order valence-electron chi connectivity index (χ3n) is 9.52. The average molecular weight is 666 g/mol. The van der Waals surface area contributed by atoms with Crippen LogP contribution in [0.2, 0.25) is 0 Å². The molecule has 3 aromatic rings. The van der Waals surface area contributed by atoms with E-state index in [9.17, 15) is 14.7 Å². The van der Waals surface area contributed by atoms with Crippen molar-refractivity contribution >= 4 is 23.2 Å². The predicted molar refractivity (Wildman–Crippen MR) is 177 cm³/mol. The minimum Gasteiger partial charge on any atom is -0.457 e. The molecule has 3 fully saturated rings. The molecular weight excluding hydrogens is 621 g/mol. The molecule has 1 aromatic heterocycles. The van der Waals surface area contributed by atoms with Gasteiger partial charge in [-0.15, -0.1) is 10.2 Å². The molecule has 10 nitrogen and oxygen atoms in total. The number of amides is 2. The quantitative estimate of drug-likeness (QED) is 0.292. The van der Waals surface area contributed by atoms with Gasteiger partial charge in [0.25, 0.3) is 5.91 Å². The second-order valence-corrected chi connectivity index (χ2v) is 14.3. The lowest BCUT2D eigenvalue weighted by Crippen LogP contribution is -2.54. The molecule has 0 saturated carbocycles. The molecule has 0 aliphatic carbocycles. The van der Waals surface area contributed by atoms with Crippen LogP contribution >= 0.6 is 11.3 Å². The molecule has 0 bridgehead atoms. The van der Waals surface area contributed by atoms with Gasteiger partial charge in [0.2, 0.25) is 5.91 Å². The molecule has 0 unspecified atom stereocenters. The number of piperidine rings is 1. The second kappa shape index (κ2) is 14.3. The number of carbonyl (C=O) groups excluding carboxylic acids is 2. The summed E-state index contributed by atoms with van der Waals surface area (Å²) < 4.78 is 27.2. The van der Waals surface area contributed by atoms with E-state index >= 15 is 4.39 Å². The van der Waals surface area contributed by atoms with Crippen LogP contribution in [0.15, 0.2) is 36.4 Å². The molecule has 252 valence electrons. The van der Waals surface area contributed by atoms with Crippen LogP contribution in [0.25, 0.3) is 10.6 Å². The smallest absolute Gasteiger partial charge is 0.251 e. The van der Waals surface area contributed by atoms with Gasteiger partial charge >= 0.3 is 0 Å². The molecular formula is C35H44FN5O5S. The van der Waals surface area contributed by atoms with Crippen LogP contribution in [0, 0.1) is 11.7 Å². The largest absolute Gasteiger partial charge is 0.457 e. The summed E-state index contributed by atoms with van der Waals surface area (Å²) in [5.74, 6) is 0.336. The van der Waals surface area contributed by atoms with Crippen molar-refractivity contribution in [1.29, 1.82) is 0 Å². The van der Waals surface area contributed by atoms with Crippen molar-refractivity contribution in [1.82, 2.24) is 25.3 Å². The monoisotopic (exact) mass is 665 g/mol. The van der Waals surface area contributed by atoms with E-state index in [1.165, 1.54) is 6.07 Å². The highest BCUT2D eigenvalue weighted by molar-refractivity contribution is 7.14. The first-order valence-electron chi connectivity index (χ1n) is 16.7. The lowest BCUT2D eigenvalue weighted by molar-refractivity contribution is -0.128. The zero-order chi connectivity index (χ0) is 33.1. The third-order valence-corrected chi connectivity index (χ3v) is 10.8. The van der Waals surface area contributed by atoms with Crippen molar-refractivity contribution in [3.63, 3.8) is 0 Å². The topological polar surface area (TPSA) is 117 Å². The van der Waals surface area contributed by atoms with Crippen LogP contribution in [-0.4, -0.2) is 81.8 Å². The molecule has 4 heterocycles. The highest BCUT2D eigenvalue weighted by atomic mass is 32.1. The highest BCUT2D eigenvalue weighted by Gasteiger charge is 2.33. The molecule has 2 atom stereocenters. The summed E-state index contributed by atoms with van der Waals surface area (Å²) in [4.78, 5) is 30.4. The van der Waals surface area contributed by atoms with E-state index in [4.69, 9.17) is 9.47 Å². The Morgan fingerprint density at radius 2 is 1.96 bits per heavy atom. The Labute approximate surface area is 279 Å². The molecule has 2 amide bonds. The van der Waals surface area contributed by atoms with Crippen molar-refractivity contribution in [2.45, 2.75) is 83.5 Å². The van der Waals surface area contributed by atoms with Crippen molar-refractivity contribution in [3.8, 4) is 22.1 Å². The number of aliphatic hydroxyl groups is 1. The minimum atomic E-state index is -1.18. The van der Waals surface area contributed by atoms with Gasteiger partial charge < -0.3 is 24.8 Å². The zero-order valence-electron chi connectivity index (χ0n) is 27.3. The molecule has 2 aromatic carbocycles. The summed E-state index contributed by atoms with van der Waals surface area (Å²) >= 11 is 1.12. The number of likely N-dealkylation sites (tertiary alicyclic amines) is 2. The number of carbonyl (C=O) groups is 2. The van der Waals surface area contributed by atoms with E-state index in [2.05, 4.69) is 27.3 Å². The summed E-state index contributed by atoms with van der Waals surface area (Å²) in [5.41, 5.74) is 0.244. The Kier molecular flexibility index (Phi) is 10.2. The van der Waals surface area contributed by atoms with E-state index < -0.39 is 11.4 Å². The first-order chi connectivity index (χ1) is 22.6. The highest BCUT2D eigenvalue weighted by Crippen LogP contribution is 2.35. The van der Waals surface area contributed by atoms with Gasteiger partial charge in [-0.05, 0) is 69.7 Å². The number of hydrogen-bond acceptors (Lipinski definition) is 9. The molecule has 3 aliphatic heterocycles. The Balaban J connectivity index is 1.20. The number of aromatic nitrogens is 2. The van der Waals surface area contributed by atoms with E-state index in [0.717, 1.165) is 75.3 Å². The van der Waals surface area contributed by atoms with Crippen LogP contribution in [0.1, 0.15) is 80.2 Å². The van der Waals surface area contributed by atoms with Gasteiger partial charge in [0, 0.05) is 80.7 Å². The van der Waals surface area contributed by atoms with Gasteiger partial charge in [-0.1, -0.05) is 30.7 Å². The molecule has 47 heavy (non-hydrogen) atoms. The van der Waals surface area contributed by atoms with Crippen LogP contribution in [0.3, 0.4) is 0 Å². The third kappa shape index (κ3) is 7.83. The first-order valence-corrected chi connectivity index (χ1v) is 17.5. The van der Waals surface area contributed by atoms with Gasteiger partial charge in [0.05, 0.1) is 0 Å². The van der Waals surface area contributed by atoms with Gasteiger partial charge in [-0.3, -0.25) is 14.5 Å². The summed E-state index contributed by atoms with van der Waals surface area (Å²) in [6.45, 7) is 9.91. The standard InChI is InChI=1S/C35H44FN5O5S/c1-4-22-20-40(25-12-16-45-17-13-25)15-11-29(22)37-32(43)23-7-8-24(21-41-14-5-6-31(41)42)30(18-23)46-26-9-10-27(28(36)19-26)33-38-39-34(47-33)35(2,3)44/h7-10,18-19,22,25,29,44H,4-6,11-17,20-21H2,1-3H3,(H,37,43)/t22-,29+/m0/s1. The number of rotatable bonds is 10. The van der Waals surface area contributed by atoms with E-state index in [0.29, 0.717) is 52.8 Å². The molecule has 12 heteroatoms. The summed E-state index contributed by atoms with van der Waals surface area (Å²) in [5, 5.41) is 22.3. The summed E-state index contributed by atoms with van der Waals surface area (Å²) in [7, 11) is 0. The first kappa shape index (κ1) is 33.5. The molecule has 6 rings (SSSR count). The van der Waals surface area contributed by atoms with E-state index in [1.54, 1.807) is 43.0 Å². The van der Waals surface area contributed by atoms with Gasteiger partial charge in [0.1, 0.15) is 27.9 Å². The Morgan fingerprint density at radius 3 is 2.64 bits per heavy atom. The molecule has 0 spiro atoms. The van der Waals surface area contributed by atoms with Crippen LogP contribution in [0.4, 0.5) is 4.39 Å². The van der Waals surface area contributed by atoms with E-state index in [-0.39, 0.29) is 29.2 Å². The maximum Gasteiger partial charge on any atom is 0.251 e. The fraction of sp³-hybridized carbons (Fsp3) is 0.543. The number of ether oxygens (including phenoxy) is 2. The molecule has 2 N–H and O–H groups in total. The van der Waals surface area contributed by atoms with Crippen LogP contribution in [0.5, 0.6) is 11.5 Å².